The van der Waals surface area contributed by atoms with Gasteiger partial charge < -0.3 is 14.2 Å². The van der Waals surface area contributed by atoms with Crippen LogP contribution in [-0.2, 0) is 16.0 Å². The molecule has 1 aromatic carbocycles. The van der Waals surface area contributed by atoms with Crippen LogP contribution in [0, 0.1) is 0 Å². The summed E-state index contributed by atoms with van der Waals surface area (Å²) in [5, 5.41) is 9.62. The number of aromatic nitrogens is 2. The van der Waals surface area contributed by atoms with Crippen molar-refractivity contribution in [2.75, 3.05) is 6.61 Å². The highest BCUT2D eigenvalue weighted by molar-refractivity contribution is 6.12. The molecule has 0 unspecified atom stereocenters. The van der Waals surface area contributed by atoms with Gasteiger partial charge in [0.2, 0.25) is 5.78 Å². The molecule has 26 heavy (non-hydrogen) atoms. The number of nitrogens with zero attached hydrogens (tertiary/aromatic N) is 2. The fourth-order valence-corrected chi connectivity index (χ4v) is 2.85. The molecule has 0 spiro atoms. The highest BCUT2D eigenvalue weighted by Gasteiger charge is 2.19. The summed E-state index contributed by atoms with van der Waals surface area (Å²) in [4.78, 5) is 28.8. The van der Waals surface area contributed by atoms with Gasteiger partial charge in [-0.15, -0.1) is 0 Å². The van der Waals surface area contributed by atoms with Crippen molar-refractivity contribution in [3.63, 3.8) is 0 Å². The van der Waals surface area contributed by atoms with Crippen molar-refractivity contribution in [1.82, 2.24) is 9.38 Å². The van der Waals surface area contributed by atoms with Crippen molar-refractivity contribution in [3.05, 3.63) is 65.7 Å². The second kappa shape index (κ2) is 7.82. The lowest BCUT2D eigenvalue weighted by Crippen LogP contribution is -2.05. The van der Waals surface area contributed by atoms with Crippen LogP contribution in [-0.4, -0.2) is 32.9 Å². The molecule has 0 saturated heterocycles. The first-order chi connectivity index (χ1) is 12.6. The fraction of sp³-hybridized carbons (Fsp3) is 0.250. The Bertz CT molecular complexity index is 946. The van der Waals surface area contributed by atoms with E-state index in [0.29, 0.717) is 48.5 Å². The number of esters is 1. The molecular weight excluding hydrogens is 332 g/mol. The monoisotopic (exact) mass is 352 g/mol. The number of ketones is 1. The normalized spacial score (nSPS) is 10.8. The molecule has 0 fully saturated rings. The van der Waals surface area contributed by atoms with Crippen LogP contribution in [0.15, 0.2) is 48.7 Å². The number of carbonyl (C=O) groups is 2. The molecule has 2 aromatic heterocycles. The Morgan fingerprint density at radius 2 is 2.04 bits per heavy atom. The molecule has 0 amide bonds. The molecule has 0 saturated carbocycles. The second-order valence-corrected chi connectivity index (χ2v) is 5.87. The molecule has 2 heterocycles. The summed E-state index contributed by atoms with van der Waals surface area (Å²) < 4.78 is 6.80. The van der Waals surface area contributed by atoms with Crippen molar-refractivity contribution in [2.45, 2.75) is 26.2 Å². The molecule has 3 aromatic rings. The van der Waals surface area contributed by atoms with Crippen LogP contribution in [0.25, 0.3) is 5.52 Å². The van der Waals surface area contributed by atoms with Gasteiger partial charge in [0.15, 0.2) is 0 Å². The van der Waals surface area contributed by atoms with Gasteiger partial charge in [0.1, 0.15) is 17.3 Å². The highest BCUT2D eigenvalue weighted by atomic mass is 16.5. The van der Waals surface area contributed by atoms with Gasteiger partial charge in [-0.3, -0.25) is 9.59 Å². The third kappa shape index (κ3) is 3.74. The minimum absolute atomic E-state index is 0.0361. The van der Waals surface area contributed by atoms with Crippen LogP contribution >= 0.6 is 0 Å². The van der Waals surface area contributed by atoms with E-state index in [4.69, 9.17) is 4.74 Å². The number of ether oxygens (including phenoxy) is 1. The first-order valence-electron chi connectivity index (χ1n) is 8.55. The quantitative estimate of drug-likeness (QED) is 0.522. The van der Waals surface area contributed by atoms with Gasteiger partial charge in [0.25, 0.3) is 0 Å². The Kier molecular flexibility index (Phi) is 5.31. The molecule has 0 aliphatic rings. The number of phenolic OH excluding ortho intramolecular Hbond substituents is 1. The zero-order chi connectivity index (χ0) is 18.5. The first-order valence-corrected chi connectivity index (χ1v) is 8.55. The smallest absolute Gasteiger partial charge is 0.305 e. The lowest BCUT2D eigenvalue weighted by Gasteiger charge is -2.02. The topological polar surface area (TPSA) is 80.9 Å². The number of benzene rings is 1. The summed E-state index contributed by atoms with van der Waals surface area (Å²) in [5.41, 5.74) is 1.42. The zero-order valence-corrected chi connectivity index (χ0v) is 14.5. The number of phenols is 1. The van der Waals surface area contributed by atoms with Gasteiger partial charge in [-0.05, 0) is 37.6 Å². The Hall–Kier alpha value is -3.15. The lowest BCUT2D eigenvalue weighted by molar-refractivity contribution is -0.143. The predicted octanol–water partition coefficient (Wildman–Crippen LogP) is 3.16. The van der Waals surface area contributed by atoms with E-state index < -0.39 is 0 Å². The molecule has 0 radical (unpaired) electrons. The average Bonchev–Trinajstić information content (AvgIpc) is 3.00. The van der Waals surface area contributed by atoms with Gasteiger partial charge in [-0.1, -0.05) is 18.2 Å². The van der Waals surface area contributed by atoms with Gasteiger partial charge in [-0.2, -0.15) is 0 Å². The van der Waals surface area contributed by atoms with E-state index in [1.54, 1.807) is 19.1 Å². The minimum atomic E-state index is -0.249. The maximum absolute atomic E-state index is 12.8. The van der Waals surface area contributed by atoms with E-state index in [0.717, 1.165) is 0 Å². The summed E-state index contributed by atoms with van der Waals surface area (Å²) in [6, 6.07) is 11.8. The number of pyridine rings is 1. The molecular formula is C20H20N2O4. The summed E-state index contributed by atoms with van der Waals surface area (Å²) in [7, 11) is 0. The number of carbonyl (C=O) groups excluding carboxylic acids is 2. The number of imidazole rings is 1. The van der Waals surface area contributed by atoms with E-state index in [9.17, 15) is 14.7 Å². The van der Waals surface area contributed by atoms with Crippen LogP contribution < -0.4 is 0 Å². The molecule has 6 nitrogen and oxygen atoms in total. The highest BCUT2D eigenvalue weighted by Crippen LogP contribution is 2.20. The van der Waals surface area contributed by atoms with Crippen LogP contribution in [0.5, 0.6) is 5.75 Å². The Labute approximate surface area is 151 Å². The number of hydrogen-bond acceptors (Lipinski definition) is 5. The first kappa shape index (κ1) is 17.7. The molecule has 0 bridgehead atoms. The Morgan fingerprint density at radius 3 is 2.81 bits per heavy atom. The summed E-state index contributed by atoms with van der Waals surface area (Å²) in [6.45, 7) is 2.15. The number of fused-ring (bicyclic) bond motifs is 1. The largest absolute Gasteiger partial charge is 0.508 e. The van der Waals surface area contributed by atoms with E-state index >= 15 is 0 Å². The molecule has 6 heteroatoms. The summed E-state index contributed by atoms with van der Waals surface area (Å²) in [6.07, 6.45) is 3.30. The van der Waals surface area contributed by atoms with Gasteiger partial charge >= 0.3 is 5.97 Å². The van der Waals surface area contributed by atoms with Gasteiger partial charge in [0, 0.05) is 24.6 Å². The number of aryl methyl sites for hydroxylation is 1. The molecule has 0 atom stereocenters. The van der Waals surface area contributed by atoms with Crippen LogP contribution in [0.1, 0.15) is 41.6 Å². The number of aromatic hydroxyl groups is 1. The lowest BCUT2D eigenvalue weighted by atomic mass is 10.1. The van der Waals surface area contributed by atoms with Crippen molar-refractivity contribution in [3.8, 4) is 5.75 Å². The summed E-state index contributed by atoms with van der Waals surface area (Å²) >= 11 is 0. The van der Waals surface area contributed by atoms with Gasteiger partial charge in [0.05, 0.1) is 12.1 Å². The SMILES string of the molecule is CCOC(=O)CCCc1nc(C(=O)c2cccc(O)c2)c2ccccn12. The van der Waals surface area contributed by atoms with Gasteiger partial charge in [-0.25, -0.2) is 4.98 Å². The fourth-order valence-electron chi connectivity index (χ4n) is 2.85. The Balaban J connectivity index is 1.87. The third-order valence-corrected chi connectivity index (χ3v) is 4.03. The molecule has 0 aliphatic heterocycles. The maximum Gasteiger partial charge on any atom is 0.305 e. The second-order valence-electron chi connectivity index (χ2n) is 5.87. The number of hydrogen-bond donors (Lipinski definition) is 1. The average molecular weight is 352 g/mol. The van der Waals surface area contributed by atoms with Crippen molar-refractivity contribution >= 4 is 17.3 Å². The predicted molar refractivity (Wildman–Crippen MR) is 96.3 cm³/mol. The van der Waals surface area contributed by atoms with E-state index in [2.05, 4.69) is 4.98 Å². The van der Waals surface area contributed by atoms with Crippen molar-refractivity contribution in [2.24, 2.45) is 0 Å². The maximum atomic E-state index is 12.8. The van der Waals surface area contributed by atoms with Crippen LogP contribution in [0.3, 0.4) is 0 Å². The van der Waals surface area contributed by atoms with Crippen molar-refractivity contribution < 1.29 is 19.4 Å². The molecule has 1 N–H and O–H groups in total. The van der Waals surface area contributed by atoms with E-state index in [-0.39, 0.29) is 17.5 Å². The molecule has 134 valence electrons. The van der Waals surface area contributed by atoms with Crippen molar-refractivity contribution in [1.29, 1.82) is 0 Å². The zero-order valence-electron chi connectivity index (χ0n) is 14.5. The molecule has 0 aliphatic carbocycles. The minimum Gasteiger partial charge on any atom is -0.508 e. The summed E-state index contributed by atoms with van der Waals surface area (Å²) in [5.74, 6) is 0.271. The third-order valence-electron chi connectivity index (χ3n) is 4.03. The molecule has 3 rings (SSSR count). The van der Waals surface area contributed by atoms with Crippen LogP contribution in [0.4, 0.5) is 0 Å². The van der Waals surface area contributed by atoms with E-state index in [1.807, 2.05) is 28.8 Å². The van der Waals surface area contributed by atoms with E-state index in [1.165, 1.54) is 12.1 Å². The Morgan fingerprint density at radius 1 is 1.19 bits per heavy atom. The van der Waals surface area contributed by atoms with Crippen LogP contribution in [0.2, 0.25) is 0 Å². The standard InChI is InChI=1S/C20H20N2O4/c1-2-26-18(24)11-6-10-17-21-19(16-9-3-4-12-22(16)17)20(25)14-7-5-8-15(23)13-14/h3-5,7-9,12-13,23H,2,6,10-11H2,1H3. The number of rotatable bonds is 7.